The molecule has 0 aromatic heterocycles. The SMILES string of the molecule is CC1(C)c2cc3cc4ccccc4cc3cc2-c2cc3ccc4ccccc4c3cc21. The van der Waals surface area contributed by atoms with Crippen molar-refractivity contribution in [3.8, 4) is 11.1 Å². The average Bonchev–Trinajstić information content (AvgIpc) is 3.00. The lowest BCUT2D eigenvalue weighted by atomic mass is 9.81. The van der Waals surface area contributed by atoms with Crippen molar-refractivity contribution >= 4 is 43.1 Å². The van der Waals surface area contributed by atoms with Crippen LogP contribution in [-0.2, 0) is 5.41 Å². The summed E-state index contributed by atoms with van der Waals surface area (Å²) in [5, 5.41) is 10.6. The molecular formula is C31H22. The molecule has 0 nitrogen and oxygen atoms in total. The molecule has 0 aliphatic heterocycles. The standard InChI is InChI=1S/C31H22/c1-31(2)29-17-24-14-21-9-4-3-8-20(21)13-23(24)16-28(29)27-15-22-12-11-19-7-5-6-10-25(19)26(22)18-30(27)31/h3-18H,1-2H3. The molecule has 0 radical (unpaired) electrons. The molecule has 31 heavy (non-hydrogen) atoms. The molecule has 0 atom stereocenters. The molecule has 0 heterocycles. The molecule has 0 amide bonds. The van der Waals surface area contributed by atoms with E-state index in [-0.39, 0.29) is 5.41 Å². The van der Waals surface area contributed by atoms with Crippen molar-refractivity contribution in [3.63, 3.8) is 0 Å². The Morgan fingerprint density at radius 3 is 1.71 bits per heavy atom. The highest BCUT2D eigenvalue weighted by molar-refractivity contribution is 6.10. The van der Waals surface area contributed by atoms with E-state index in [1.54, 1.807) is 0 Å². The van der Waals surface area contributed by atoms with Crippen LogP contribution < -0.4 is 0 Å². The molecule has 0 fully saturated rings. The Kier molecular flexibility index (Phi) is 3.16. The maximum absolute atomic E-state index is 2.45. The Hall–Kier alpha value is -3.64. The Morgan fingerprint density at radius 2 is 0.968 bits per heavy atom. The van der Waals surface area contributed by atoms with Gasteiger partial charge in [-0.3, -0.25) is 0 Å². The summed E-state index contributed by atoms with van der Waals surface area (Å²) in [7, 11) is 0. The quantitative estimate of drug-likeness (QED) is 0.179. The number of hydrogen-bond donors (Lipinski definition) is 0. The summed E-state index contributed by atoms with van der Waals surface area (Å²) in [6.07, 6.45) is 0. The van der Waals surface area contributed by atoms with Crippen molar-refractivity contribution in [1.29, 1.82) is 0 Å². The van der Waals surface area contributed by atoms with Crippen molar-refractivity contribution in [2.75, 3.05) is 0 Å². The highest BCUT2D eigenvalue weighted by Crippen LogP contribution is 2.51. The third-order valence-corrected chi connectivity index (χ3v) is 7.36. The minimum Gasteiger partial charge on any atom is -0.0616 e. The van der Waals surface area contributed by atoms with Crippen LogP contribution >= 0.6 is 0 Å². The highest BCUT2D eigenvalue weighted by Gasteiger charge is 2.36. The normalized spacial score (nSPS) is 14.4. The summed E-state index contributed by atoms with van der Waals surface area (Å²) < 4.78 is 0. The van der Waals surface area contributed by atoms with Crippen LogP contribution in [-0.4, -0.2) is 0 Å². The zero-order chi connectivity index (χ0) is 20.7. The van der Waals surface area contributed by atoms with Crippen molar-refractivity contribution in [3.05, 3.63) is 108 Å². The largest absolute Gasteiger partial charge is 0.0616 e. The summed E-state index contributed by atoms with van der Waals surface area (Å²) in [6, 6.07) is 36.3. The molecule has 0 N–H and O–H groups in total. The highest BCUT2D eigenvalue weighted by atomic mass is 14.4. The smallest absolute Gasteiger partial charge is 0.0159 e. The van der Waals surface area contributed by atoms with Gasteiger partial charge < -0.3 is 0 Å². The van der Waals surface area contributed by atoms with Gasteiger partial charge in [0.2, 0.25) is 0 Å². The van der Waals surface area contributed by atoms with E-state index in [2.05, 4.69) is 111 Å². The molecule has 1 aliphatic rings. The molecule has 6 aromatic carbocycles. The third-order valence-electron chi connectivity index (χ3n) is 7.36. The first-order chi connectivity index (χ1) is 15.1. The Labute approximate surface area is 181 Å². The minimum atomic E-state index is -0.0182. The van der Waals surface area contributed by atoms with Crippen molar-refractivity contribution in [1.82, 2.24) is 0 Å². The summed E-state index contributed by atoms with van der Waals surface area (Å²) in [5.74, 6) is 0. The second-order valence-corrected chi connectivity index (χ2v) is 9.47. The number of fused-ring (bicyclic) bond motifs is 8. The van der Waals surface area contributed by atoms with E-state index >= 15 is 0 Å². The lowest BCUT2D eigenvalue weighted by Crippen LogP contribution is -2.14. The second kappa shape index (κ2) is 5.74. The van der Waals surface area contributed by atoms with E-state index in [0.29, 0.717) is 0 Å². The Morgan fingerprint density at radius 1 is 0.419 bits per heavy atom. The molecule has 7 rings (SSSR count). The van der Waals surface area contributed by atoms with Gasteiger partial charge in [-0.05, 0) is 102 Å². The van der Waals surface area contributed by atoms with E-state index in [1.165, 1.54) is 65.3 Å². The monoisotopic (exact) mass is 394 g/mol. The zero-order valence-corrected chi connectivity index (χ0v) is 17.7. The van der Waals surface area contributed by atoms with Crippen LogP contribution in [0, 0.1) is 0 Å². The van der Waals surface area contributed by atoms with Gasteiger partial charge in [0.1, 0.15) is 0 Å². The summed E-state index contributed by atoms with van der Waals surface area (Å²) >= 11 is 0. The van der Waals surface area contributed by atoms with Crippen molar-refractivity contribution in [2.45, 2.75) is 19.3 Å². The van der Waals surface area contributed by atoms with E-state index in [4.69, 9.17) is 0 Å². The van der Waals surface area contributed by atoms with E-state index in [1.807, 2.05) is 0 Å². The molecule has 146 valence electrons. The van der Waals surface area contributed by atoms with Gasteiger partial charge in [0.15, 0.2) is 0 Å². The van der Waals surface area contributed by atoms with E-state index in [9.17, 15) is 0 Å². The van der Waals surface area contributed by atoms with Gasteiger partial charge in [0, 0.05) is 5.41 Å². The molecular weight excluding hydrogens is 372 g/mol. The van der Waals surface area contributed by atoms with Crippen LogP contribution in [0.25, 0.3) is 54.2 Å². The summed E-state index contributed by atoms with van der Waals surface area (Å²) in [5.41, 5.74) is 5.63. The van der Waals surface area contributed by atoms with Gasteiger partial charge in [-0.2, -0.15) is 0 Å². The maximum atomic E-state index is 2.45. The molecule has 0 saturated carbocycles. The summed E-state index contributed by atoms with van der Waals surface area (Å²) in [4.78, 5) is 0. The number of hydrogen-bond acceptors (Lipinski definition) is 0. The Balaban J connectivity index is 1.57. The fourth-order valence-electron chi connectivity index (χ4n) is 5.67. The lowest BCUT2D eigenvalue weighted by molar-refractivity contribution is 0.662. The molecule has 0 unspecified atom stereocenters. The topological polar surface area (TPSA) is 0 Å². The van der Waals surface area contributed by atoms with Crippen LogP contribution in [0.4, 0.5) is 0 Å². The van der Waals surface area contributed by atoms with Crippen LogP contribution in [0.1, 0.15) is 25.0 Å². The van der Waals surface area contributed by atoms with Crippen molar-refractivity contribution < 1.29 is 0 Å². The number of benzene rings is 6. The first-order valence-corrected chi connectivity index (χ1v) is 11.0. The first kappa shape index (κ1) is 17.1. The van der Waals surface area contributed by atoms with Gasteiger partial charge in [0.05, 0.1) is 0 Å². The van der Waals surface area contributed by atoms with Crippen LogP contribution in [0.5, 0.6) is 0 Å². The van der Waals surface area contributed by atoms with Crippen LogP contribution in [0.2, 0.25) is 0 Å². The van der Waals surface area contributed by atoms with Gasteiger partial charge in [0.25, 0.3) is 0 Å². The van der Waals surface area contributed by atoms with Crippen LogP contribution in [0.3, 0.4) is 0 Å². The molecule has 1 aliphatic carbocycles. The molecule has 0 heteroatoms. The molecule has 0 bridgehead atoms. The molecule has 0 spiro atoms. The van der Waals surface area contributed by atoms with Gasteiger partial charge in [-0.15, -0.1) is 0 Å². The first-order valence-electron chi connectivity index (χ1n) is 11.0. The maximum Gasteiger partial charge on any atom is 0.0159 e. The zero-order valence-electron chi connectivity index (χ0n) is 17.7. The van der Waals surface area contributed by atoms with Gasteiger partial charge >= 0.3 is 0 Å². The van der Waals surface area contributed by atoms with Crippen molar-refractivity contribution in [2.24, 2.45) is 0 Å². The van der Waals surface area contributed by atoms with E-state index < -0.39 is 0 Å². The minimum absolute atomic E-state index is 0.0182. The van der Waals surface area contributed by atoms with E-state index in [0.717, 1.165) is 0 Å². The Bertz CT molecular complexity index is 1690. The average molecular weight is 395 g/mol. The predicted molar refractivity (Wildman–Crippen MR) is 134 cm³/mol. The van der Waals surface area contributed by atoms with Gasteiger partial charge in [-0.1, -0.05) is 74.5 Å². The second-order valence-electron chi connectivity index (χ2n) is 9.47. The molecule has 6 aromatic rings. The predicted octanol–water partition coefficient (Wildman–Crippen LogP) is 8.61. The lowest BCUT2D eigenvalue weighted by Gasteiger charge is -2.22. The van der Waals surface area contributed by atoms with Crippen LogP contribution in [0.15, 0.2) is 97.1 Å². The summed E-state index contributed by atoms with van der Waals surface area (Å²) in [6.45, 7) is 4.75. The fraction of sp³-hybridized carbons (Fsp3) is 0.0968. The fourth-order valence-corrected chi connectivity index (χ4v) is 5.67. The number of rotatable bonds is 0. The third kappa shape index (κ3) is 2.25. The molecule has 0 saturated heterocycles. The van der Waals surface area contributed by atoms with Gasteiger partial charge in [-0.25, -0.2) is 0 Å².